The summed E-state index contributed by atoms with van der Waals surface area (Å²) in [5, 5.41) is 44.0. The molecule has 0 heterocycles. The molecule has 0 aliphatic heterocycles. The van der Waals surface area contributed by atoms with Gasteiger partial charge in [-0.25, -0.2) is 9.78 Å². The molecule has 0 bridgehead atoms. The van der Waals surface area contributed by atoms with Gasteiger partial charge in [-0.1, -0.05) is 0 Å². The van der Waals surface area contributed by atoms with Crippen molar-refractivity contribution in [1.29, 1.82) is 0 Å². The number of aliphatic hydroxyl groups excluding tert-OH is 3. The molecule has 0 aromatic carbocycles. The molecule has 0 aromatic rings. The van der Waals surface area contributed by atoms with Gasteiger partial charge in [-0.2, -0.15) is 0 Å². The molecular formula is C8H19NO7. The van der Waals surface area contributed by atoms with Gasteiger partial charge in [0.15, 0.2) is 0 Å². The van der Waals surface area contributed by atoms with Crippen molar-refractivity contribution in [3.8, 4) is 0 Å². The first-order valence-electron chi connectivity index (χ1n) is 4.81. The molecule has 5 N–H and O–H groups in total. The quantitative estimate of drug-likeness (QED) is 0.219. The monoisotopic (exact) mass is 241 g/mol. The summed E-state index contributed by atoms with van der Waals surface area (Å²) >= 11 is 0. The number of nitrogens with zero attached hydrogens (tertiary/aromatic N) is 1. The zero-order valence-corrected chi connectivity index (χ0v) is 8.95. The lowest BCUT2D eigenvalue weighted by molar-refractivity contribution is -0.257. The fourth-order valence-electron chi connectivity index (χ4n) is 1.34. The van der Waals surface area contributed by atoms with E-state index in [0.717, 1.165) is 0 Å². The molecule has 0 unspecified atom stereocenters. The van der Waals surface area contributed by atoms with Crippen molar-refractivity contribution in [2.75, 3.05) is 46.1 Å². The molecule has 0 saturated carbocycles. The molecule has 0 radical (unpaired) electrons. The van der Waals surface area contributed by atoms with Crippen LogP contribution in [0.15, 0.2) is 0 Å². The maximum atomic E-state index is 9.18. The van der Waals surface area contributed by atoms with Crippen LogP contribution in [0.25, 0.3) is 0 Å². The van der Waals surface area contributed by atoms with Crippen LogP contribution in [0.4, 0.5) is 0 Å². The lowest BCUT2D eigenvalue weighted by atomic mass is 10.0. The molecule has 0 saturated heterocycles. The fraction of sp³-hybridized carbons (Fsp3) is 1.00. The Balaban J connectivity index is 4.52. The van der Waals surface area contributed by atoms with Crippen LogP contribution in [0.2, 0.25) is 0 Å². The second-order valence-corrected chi connectivity index (χ2v) is 3.35. The molecule has 8 nitrogen and oxygen atoms in total. The number of hydrogen-bond donors (Lipinski definition) is 5. The summed E-state index contributed by atoms with van der Waals surface area (Å²) in [6.45, 7) is -1.24. The van der Waals surface area contributed by atoms with E-state index in [-0.39, 0.29) is 26.3 Å². The average Bonchev–Trinajstić information content (AvgIpc) is 2.34. The van der Waals surface area contributed by atoms with Crippen molar-refractivity contribution < 1.29 is 35.6 Å². The van der Waals surface area contributed by atoms with Crippen LogP contribution in [0, 0.1) is 0 Å². The predicted molar refractivity (Wildman–Crippen MR) is 52.7 cm³/mol. The molecule has 0 fully saturated rings. The third-order valence-electron chi connectivity index (χ3n) is 2.46. The molecule has 0 aliphatic rings. The topological polar surface area (TPSA) is 123 Å². The first-order valence-corrected chi connectivity index (χ1v) is 4.81. The van der Waals surface area contributed by atoms with Crippen molar-refractivity contribution in [3.05, 3.63) is 0 Å². The van der Waals surface area contributed by atoms with Gasteiger partial charge in [-0.05, 0) is 0 Å². The van der Waals surface area contributed by atoms with Crippen LogP contribution in [-0.2, 0) is 9.78 Å². The Kier molecular flexibility index (Phi) is 8.61. The predicted octanol–water partition coefficient (Wildman–Crippen LogP) is -2.02. The van der Waals surface area contributed by atoms with E-state index >= 15 is 0 Å². The van der Waals surface area contributed by atoms with Gasteiger partial charge in [0.25, 0.3) is 0 Å². The minimum absolute atomic E-state index is 0.0623. The Labute approximate surface area is 93.1 Å². The van der Waals surface area contributed by atoms with Crippen molar-refractivity contribution in [2.24, 2.45) is 0 Å². The van der Waals surface area contributed by atoms with E-state index in [1.165, 1.54) is 4.90 Å². The molecule has 0 rings (SSSR count). The first kappa shape index (κ1) is 15.7. The van der Waals surface area contributed by atoms with Crippen LogP contribution in [0.1, 0.15) is 0 Å². The number of aliphatic hydroxyl groups is 3. The smallest absolute Gasteiger partial charge is 0.0946 e. The summed E-state index contributed by atoms with van der Waals surface area (Å²) < 4.78 is 0. The van der Waals surface area contributed by atoms with Crippen LogP contribution in [-0.4, -0.2) is 82.4 Å². The van der Waals surface area contributed by atoms with E-state index in [1.807, 2.05) is 0 Å². The second kappa shape index (κ2) is 8.79. The molecular weight excluding hydrogens is 222 g/mol. The van der Waals surface area contributed by atoms with Crippen molar-refractivity contribution in [3.63, 3.8) is 0 Å². The Bertz CT molecular complexity index is 148. The van der Waals surface area contributed by atoms with E-state index in [1.54, 1.807) is 0 Å². The van der Waals surface area contributed by atoms with Gasteiger partial charge < -0.3 is 15.3 Å². The standard InChI is InChI=1S/C8H19NO7/c10-5-8(6-11,7-12)9(1-3-15-13)2-4-16-14/h10-14H,1-7H2. The highest BCUT2D eigenvalue weighted by Gasteiger charge is 2.35. The molecule has 0 amide bonds. The third-order valence-corrected chi connectivity index (χ3v) is 2.46. The lowest BCUT2D eigenvalue weighted by Gasteiger charge is -2.39. The molecule has 0 spiro atoms. The van der Waals surface area contributed by atoms with Gasteiger partial charge in [-0.3, -0.25) is 15.4 Å². The third kappa shape index (κ3) is 4.28. The average molecular weight is 241 g/mol. The normalized spacial score (nSPS) is 12.4. The number of hydrogen-bond acceptors (Lipinski definition) is 8. The Morgan fingerprint density at radius 2 is 1.19 bits per heavy atom. The Morgan fingerprint density at radius 1 is 0.812 bits per heavy atom. The van der Waals surface area contributed by atoms with Crippen LogP contribution in [0.5, 0.6) is 0 Å². The molecule has 98 valence electrons. The maximum Gasteiger partial charge on any atom is 0.0946 e. The zero-order chi connectivity index (χ0) is 12.4. The summed E-state index contributed by atoms with van der Waals surface area (Å²) in [4.78, 5) is 9.24. The van der Waals surface area contributed by atoms with E-state index in [9.17, 15) is 15.3 Å². The SMILES string of the molecule is OCC(CO)(CO)N(CCOO)CCOO. The molecule has 0 aromatic heterocycles. The lowest BCUT2D eigenvalue weighted by Crippen LogP contribution is -2.58. The van der Waals surface area contributed by atoms with Gasteiger partial charge in [-0.15, -0.1) is 0 Å². The van der Waals surface area contributed by atoms with Gasteiger partial charge in [0.05, 0.1) is 38.6 Å². The van der Waals surface area contributed by atoms with Gasteiger partial charge in [0.2, 0.25) is 0 Å². The van der Waals surface area contributed by atoms with Gasteiger partial charge in [0.1, 0.15) is 0 Å². The van der Waals surface area contributed by atoms with Crippen LogP contribution < -0.4 is 0 Å². The minimum Gasteiger partial charge on any atom is -0.394 e. The summed E-state index contributed by atoms with van der Waals surface area (Å²) in [6, 6.07) is 0. The Hall–Kier alpha value is -0.320. The second-order valence-electron chi connectivity index (χ2n) is 3.35. The van der Waals surface area contributed by atoms with Crippen LogP contribution >= 0.6 is 0 Å². The first-order chi connectivity index (χ1) is 7.70. The minimum atomic E-state index is -1.24. The Morgan fingerprint density at radius 3 is 1.44 bits per heavy atom. The van der Waals surface area contributed by atoms with Crippen molar-refractivity contribution in [1.82, 2.24) is 4.90 Å². The van der Waals surface area contributed by atoms with Gasteiger partial charge >= 0.3 is 0 Å². The van der Waals surface area contributed by atoms with Gasteiger partial charge in [0, 0.05) is 13.1 Å². The summed E-state index contributed by atoms with van der Waals surface area (Å²) in [6.07, 6.45) is 0. The molecule has 0 aliphatic carbocycles. The molecule has 8 heteroatoms. The fourth-order valence-corrected chi connectivity index (χ4v) is 1.34. The summed E-state index contributed by atoms with van der Waals surface area (Å²) in [5.41, 5.74) is -1.24. The highest BCUT2D eigenvalue weighted by atomic mass is 17.1. The van der Waals surface area contributed by atoms with E-state index in [2.05, 4.69) is 9.78 Å². The number of rotatable bonds is 10. The molecule has 16 heavy (non-hydrogen) atoms. The van der Waals surface area contributed by atoms with Crippen molar-refractivity contribution in [2.45, 2.75) is 5.54 Å². The summed E-state index contributed by atoms with van der Waals surface area (Å²) in [7, 11) is 0. The van der Waals surface area contributed by atoms with E-state index in [0.29, 0.717) is 0 Å². The van der Waals surface area contributed by atoms with Crippen LogP contribution in [0.3, 0.4) is 0 Å². The highest BCUT2D eigenvalue weighted by molar-refractivity contribution is 4.89. The maximum absolute atomic E-state index is 9.18. The molecule has 0 atom stereocenters. The zero-order valence-electron chi connectivity index (χ0n) is 8.95. The largest absolute Gasteiger partial charge is 0.394 e. The van der Waals surface area contributed by atoms with E-state index < -0.39 is 25.4 Å². The van der Waals surface area contributed by atoms with Crippen molar-refractivity contribution >= 4 is 0 Å². The van der Waals surface area contributed by atoms with E-state index in [4.69, 9.17) is 10.5 Å². The summed E-state index contributed by atoms with van der Waals surface area (Å²) in [5.74, 6) is 0. The highest BCUT2D eigenvalue weighted by Crippen LogP contribution is 2.13.